The van der Waals surface area contributed by atoms with Crippen molar-refractivity contribution in [1.29, 1.82) is 0 Å². The summed E-state index contributed by atoms with van der Waals surface area (Å²) >= 11 is 0. The van der Waals surface area contributed by atoms with Crippen LogP contribution >= 0.6 is 0 Å². The zero-order valence-corrected chi connectivity index (χ0v) is 41.0. The minimum absolute atomic E-state index is 0.00238. The van der Waals surface area contributed by atoms with Gasteiger partial charge in [-0.1, -0.05) is 66.2 Å². The van der Waals surface area contributed by atoms with Gasteiger partial charge < -0.3 is 64.0 Å². The van der Waals surface area contributed by atoms with Gasteiger partial charge in [-0.3, -0.25) is 43.2 Å². The molecule has 0 spiro atoms. The molecule has 0 radical (unpaired) electrons. The lowest BCUT2D eigenvalue weighted by Crippen LogP contribution is -2.58. The van der Waals surface area contributed by atoms with Crippen molar-refractivity contribution >= 4 is 64.1 Å². The van der Waals surface area contributed by atoms with Gasteiger partial charge in [-0.2, -0.15) is 0 Å². The SMILES string of the molecule is CCC(C)[C@@H](CCC(=O)N[C@@H](CC(C)C)C(N)=O)NC(=O)[C@H](Cc1cnc[nH]1)N(C)C(=O)CNC(=O)[C@@H](NC(=O)[C@H](C)NC(=O)[C@H](Cc1c[nH]c2ccccc12)NC(=O)[C@@H](N)CCC(N)=O)C(C)C. The van der Waals surface area contributed by atoms with Crippen molar-refractivity contribution in [2.24, 2.45) is 35.0 Å². The number of fused-ring (bicyclic) bond motifs is 1. The van der Waals surface area contributed by atoms with Gasteiger partial charge in [0.2, 0.25) is 53.2 Å². The number of hydrogen-bond donors (Lipinski definition) is 11. The number of benzene rings is 1. The Balaban J connectivity index is 1.69. The number of rotatable bonds is 29. The Labute approximate surface area is 402 Å². The van der Waals surface area contributed by atoms with Crippen LogP contribution in [0.1, 0.15) is 98.2 Å². The fourth-order valence-corrected chi connectivity index (χ4v) is 7.54. The molecule has 3 aromatic rings. The second kappa shape index (κ2) is 27.2. The van der Waals surface area contributed by atoms with Crippen molar-refractivity contribution < 1.29 is 43.2 Å². The number of nitrogens with zero attached hydrogens (tertiary/aromatic N) is 2. The Morgan fingerprint density at radius 1 is 0.754 bits per heavy atom. The first-order valence-corrected chi connectivity index (χ1v) is 23.4. The number of primary amides is 2. The molecule has 14 N–H and O–H groups in total. The number of likely N-dealkylation sites (N-methyl/N-ethyl adjacent to an activating group) is 1. The van der Waals surface area contributed by atoms with Crippen molar-refractivity contribution in [2.75, 3.05) is 13.6 Å². The van der Waals surface area contributed by atoms with Gasteiger partial charge in [0.25, 0.3) is 0 Å². The molecule has 3 rings (SSSR count). The van der Waals surface area contributed by atoms with Crippen LogP contribution in [0.3, 0.4) is 0 Å². The lowest BCUT2D eigenvalue weighted by molar-refractivity contribution is -0.140. The monoisotopic (exact) mass is 964 g/mol. The van der Waals surface area contributed by atoms with Gasteiger partial charge in [0.15, 0.2) is 0 Å². The van der Waals surface area contributed by atoms with Crippen LogP contribution in [0, 0.1) is 17.8 Å². The van der Waals surface area contributed by atoms with Crippen LogP contribution in [0.2, 0.25) is 0 Å². The maximum atomic E-state index is 14.1. The number of H-pyrrole nitrogens is 2. The smallest absolute Gasteiger partial charge is 0.243 e. The highest BCUT2D eigenvalue weighted by molar-refractivity contribution is 5.96. The van der Waals surface area contributed by atoms with E-state index in [0.29, 0.717) is 24.1 Å². The van der Waals surface area contributed by atoms with Crippen molar-refractivity contribution in [2.45, 2.75) is 142 Å². The third kappa shape index (κ3) is 18.0. The minimum Gasteiger partial charge on any atom is -0.370 e. The molecule has 9 amide bonds. The fourth-order valence-electron chi connectivity index (χ4n) is 7.54. The normalized spacial score (nSPS) is 14.8. The van der Waals surface area contributed by atoms with Crippen molar-refractivity contribution in [3.63, 3.8) is 0 Å². The Hall–Kier alpha value is -6.84. The predicted molar refractivity (Wildman–Crippen MR) is 258 cm³/mol. The Kier molecular flexibility index (Phi) is 22.3. The standard InChI is InChI=1S/C47H73N13O9/c1-9-27(6)33(15-17-39(62)56-35(42(50)64)18-25(2)3)57-46(68)37(20-30-22-51-24-54-30)60(8)40(63)23-53-47(69)41(26(4)5)59-43(65)28(7)55-45(67)36(58-44(66)32(48)14-16-38(49)61)19-29-21-52-34-13-11-10-12-31(29)34/h10-13,21-22,24-28,32-33,35-37,41,52H,9,14-20,23,48H2,1-8H3,(H2,49,61)(H2,50,64)(H,51,54)(H,53,69)(H,55,67)(H,56,62)(H,57,68)(H,58,66)(H,59,65)/t27?,28-,32-,33+,35-,36-,37-,41-/m0/s1. The van der Waals surface area contributed by atoms with Gasteiger partial charge in [-0.25, -0.2) is 4.98 Å². The molecular formula is C47H73N13O9. The number of nitrogens with two attached hydrogens (primary N) is 3. The van der Waals surface area contributed by atoms with E-state index in [1.54, 1.807) is 20.0 Å². The summed E-state index contributed by atoms with van der Waals surface area (Å²) in [6, 6.07) is 0.243. The first-order valence-electron chi connectivity index (χ1n) is 23.4. The number of nitrogens with one attached hydrogen (secondary N) is 8. The van der Waals surface area contributed by atoms with Gasteiger partial charge in [-0.05, 0) is 55.6 Å². The molecule has 0 saturated heterocycles. The second-order valence-corrected chi connectivity index (χ2v) is 18.4. The topological polar surface area (TPSA) is 352 Å². The van der Waals surface area contributed by atoms with E-state index in [9.17, 15) is 43.2 Å². The summed E-state index contributed by atoms with van der Waals surface area (Å²) < 4.78 is 0. The first kappa shape index (κ1) is 56.5. The van der Waals surface area contributed by atoms with Crippen molar-refractivity contribution in [3.05, 3.63) is 54.2 Å². The molecule has 69 heavy (non-hydrogen) atoms. The molecule has 22 nitrogen and oxygen atoms in total. The van der Waals surface area contributed by atoms with Crippen LogP contribution < -0.4 is 49.1 Å². The summed E-state index contributed by atoms with van der Waals surface area (Å²) in [5.74, 6) is -6.11. The third-order valence-corrected chi connectivity index (χ3v) is 12.0. The van der Waals surface area contributed by atoms with E-state index in [2.05, 4.69) is 46.9 Å². The molecule has 0 bridgehead atoms. The molecule has 1 aromatic carbocycles. The number of para-hydroxylation sites is 1. The van der Waals surface area contributed by atoms with E-state index in [0.717, 1.165) is 10.9 Å². The summed E-state index contributed by atoms with van der Waals surface area (Å²) in [7, 11) is 1.43. The highest BCUT2D eigenvalue weighted by atomic mass is 16.2. The Morgan fingerprint density at radius 3 is 2.06 bits per heavy atom. The van der Waals surface area contributed by atoms with E-state index in [-0.39, 0.29) is 56.3 Å². The second-order valence-electron chi connectivity index (χ2n) is 18.4. The molecule has 0 aliphatic heterocycles. The van der Waals surface area contributed by atoms with Gasteiger partial charge in [0.05, 0.1) is 18.9 Å². The summed E-state index contributed by atoms with van der Waals surface area (Å²) in [5, 5.41) is 17.0. The van der Waals surface area contributed by atoms with Gasteiger partial charge in [0.1, 0.15) is 30.2 Å². The van der Waals surface area contributed by atoms with Gasteiger partial charge in [-0.15, -0.1) is 0 Å². The highest BCUT2D eigenvalue weighted by Gasteiger charge is 2.34. The van der Waals surface area contributed by atoms with E-state index >= 15 is 0 Å². The zero-order valence-electron chi connectivity index (χ0n) is 41.0. The molecule has 2 heterocycles. The van der Waals surface area contributed by atoms with Crippen molar-refractivity contribution in [3.8, 4) is 0 Å². The lowest BCUT2D eigenvalue weighted by Gasteiger charge is -2.31. The minimum atomic E-state index is -1.21. The molecule has 1 unspecified atom stereocenters. The number of imidazole rings is 1. The van der Waals surface area contributed by atoms with E-state index in [4.69, 9.17) is 17.2 Å². The molecule has 22 heteroatoms. The fraction of sp³-hybridized carbons (Fsp3) is 0.574. The number of aromatic amines is 2. The van der Waals surface area contributed by atoms with E-state index < -0.39 is 102 Å². The summed E-state index contributed by atoms with van der Waals surface area (Å²) in [5.41, 5.74) is 18.8. The number of hydrogen-bond acceptors (Lipinski definition) is 11. The molecule has 0 aliphatic rings. The van der Waals surface area contributed by atoms with Crippen molar-refractivity contribution in [1.82, 2.24) is 51.8 Å². The average molecular weight is 964 g/mol. The quantitative estimate of drug-likeness (QED) is 0.0428. The zero-order chi connectivity index (χ0) is 51.5. The number of carbonyl (C=O) groups excluding carboxylic acids is 9. The molecule has 2 aromatic heterocycles. The molecule has 8 atom stereocenters. The van der Waals surface area contributed by atoms with Crippen LogP contribution in [0.5, 0.6) is 0 Å². The van der Waals surface area contributed by atoms with Gasteiger partial charge >= 0.3 is 0 Å². The molecule has 380 valence electrons. The molecule has 0 aliphatic carbocycles. The highest BCUT2D eigenvalue weighted by Crippen LogP contribution is 2.20. The Bertz CT molecular complexity index is 2230. The lowest BCUT2D eigenvalue weighted by atomic mass is 9.94. The maximum absolute atomic E-state index is 14.1. The van der Waals surface area contributed by atoms with Gasteiger partial charge in [0, 0.05) is 67.8 Å². The van der Waals surface area contributed by atoms with Crippen LogP contribution in [-0.4, -0.2) is 129 Å². The Morgan fingerprint density at radius 2 is 1.45 bits per heavy atom. The van der Waals surface area contributed by atoms with E-state index in [1.165, 1.54) is 31.4 Å². The third-order valence-electron chi connectivity index (χ3n) is 12.0. The number of carbonyl (C=O) groups is 9. The van der Waals surface area contributed by atoms with Crippen LogP contribution in [0.15, 0.2) is 43.0 Å². The van der Waals surface area contributed by atoms with Crippen LogP contribution in [0.4, 0.5) is 0 Å². The number of amides is 9. The molecule has 0 fully saturated rings. The predicted octanol–water partition coefficient (Wildman–Crippen LogP) is -0.330. The average Bonchev–Trinajstić information content (AvgIpc) is 3.98. The first-order chi connectivity index (χ1) is 32.5. The van der Waals surface area contributed by atoms with Crippen LogP contribution in [0.25, 0.3) is 10.9 Å². The number of aromatic nitrogens is 3. The largest absolute Gasteiger partial charge is 0.370 e. The maximum Gasteiger partial charge on any atom is 0.243 e. The molecular weight excluding hydrogens is 891 g/mol. The van der Waals surface area contributed by atoms with Crippen LogP contribution in [-0.2, 0) is 56.0 Å². The molecule has 0 saturated carbocycles. The summed E-state index contributed by atoms with van der Waals surface area (Å²) in [6.07, 6.45) is 5.80. The van der Waals surface area contributed by atoms with E-state index in [1.807, 2.05) is 52.0 Å². The summed E-state index contributed by atoms with van der Waals surface area (Å²) in [4.78, 5) is 129. The summed E-state index contributed by atoms with van der Waals surface area (Å²) in [6.45, 7) is 11.9.